The summed E-state index contributed by atoms with van der Waals surface area (Å²) in [5.41, 5.74) is 5.68. The molecule has 0 aliphatic carbocycles. The Bertz CT molecular complexity index is 1270. The standard InChI is InChI=1S/C34H53ClN3O8P/c1-3-4-5-6-7-8-9-10-11-12-13-14-15-16-17-18-23-43-47(42,46-28-21-19-27(35)20-22-28)44-24-29-31(39)32(40)34(45-29)38-25-37-30(26(2)36)33(38)41/h10-11,19-22,25,29,31-32,34,39-41H,2-9,12-18,23-24,36H2,1H3/b11-10-/t29-,31-,32-,34-,47?/m1/s1. The zero-order valence-electron chi connectivity index (χ0n) is 27.6. The number of aliphatic hydroxyl groups is 2. The highest BCUT2D eigenvalue weighted by molar-refractivity contribution is 7.48. The molecule has 0 bridgehead atoms. The molecular weight excluding hydrogens is 645 g/mol. The third-order valence-corrected chi connectivity index (χ3v) is 9.67. The Hall–Kier alpha value is -2.37. The maximum absolute atomic E-state index is 13.7. The smallest absolute Gasteiger partial charge is 0.493 e. The van der Waals surface area contributed by atoms with Gasteiger partial charge in [-0.3, -0.25) is 13.6 Å². The van der Waals surface area contributed by atoms with E-state index < -0.39 is 39.0 Å². The number of aromatic nitrogens is 2. The molecule has 1 fully saturated rings. The van der Waals surface area contributed by atoms with E-state index in [1.165, 1.54) is 76.2 Å². The third-order valence-electron chi connectivity index (χ3n) is 8.02. The van der Waals surface area contributed by atoms with E-state index in [0.29, 0.717) is 11.4 Å². The number of nitrogens with two attached hydrogens (primary N) is 1. The summed E-state index contributed by atoms with van der Waals surface area (Å²) in [4.78, 5) is 3.96. The summed E-state index contributed by atoms with van der Waals surface area (Å²) in [6.07, 6.45) is 16.9. The van der Waals surface area contributed by atoms with E-state index in [1.807, 2.05) is 0 Å². The van der Waals surface area contributed by atoms with E-state index in [-0.39, 0.29) is 29.6 Å². The van der Waals surface area contributed by atoms with Crippen LogP contribution in [0.2, 0.25) is 5.02 Å². The number of hydrogen-bond donors (Lipinski definition) is 4. The molecule has 1 aliphatic heterocycles. The Morgan fingerprint density at radius 1 is 0.979 bits per heavy atom. The van der Waals surface area contributed by atoms with Gasteiger partial charge in [-0.1, -0.05) is 95.0 Å². The van der Waals surface area contributed by atoms with Crippen LogP contribution in [0.3, 0.4) is 0 Å². The zero-order valence-corrected chi connectivity index (χ0v) is 29.2. The van der Waals surface area contributed by atoms with Crippen molar-refractivity contribution in [1.82, 2.24) is 9.55 Å². The highest BCUT2D eigenvalue weighted by Gasteiger charge is 2.46. The van der Waals surface area contributed by atoms with Gasteiger partial charge < -0.3 is 30.3 Å². The predicted octanol–water partition coefficient (Wildman–Crippen LogP) is 8.05. The van der Waals surface area contributed by atoms with Crippen LogP contribution in [0.5, 0.6) is 11.6 Å². The average Bonchev–Trinajstić information content (AvgIpc) is 3.57. The van der Waals surface area contributed by atoms with Crippen molar-refractivity contribution < 1.29 is 38.2 Å². The Morgan fingerprint density at radius 3 is 2.17 bits per heavy atom. The number of phosphoric acid groups is 1. The van der Waals surface area contributed by atoms with Gasteiger partial charge in [0.1, 0.15) is 36.1 Å². The van der Waals surface area contributed by atoms with Gasteiger partial charge in [-0.25, -0.2) is 9.55 Å². The summed E-state index contributed by atoms with van der Waals surface area (Å²) in [5, 5.41) is 32.2. The summed E-state index contributed by atoms with van der Waals surface area (Å²) in [6.45, 7) is 5.50. The fourth-order valence-corrected chi connectivity index (χ4v) is 6.64. The fourth-order valence-electron chi connectivity index (χ4n) is 5.27. The minimum absolute atomic E-state index is 0.0216. The quantitative estimate of drug-likeness (QED) is 0.0480. The van der Waals surface area contributed by atoms with Crippen LogP contribution < -0.4 is 10.3 Å². The molecule has 5 atom stereocenters. The number of hydrogen-bond acceptors (Lipinski definition) is 10. The Balaban J connectivity index is 1.41. The average molecular weight is 698 g/mol. The molecule has 0 radical (unpaired) electrons. The van der Waals surface area contributed by atoms with Crippen molar-refractivity contribution >= 4 is 25.1 Å². The number of allylic oxidation sites excluding steroid dienone is 2. The number of aromatic hydroxyl groups is 1. The van der Waals surface area contributed by atoms with Crippen molar-refractivity contribution in [1.29, 1.82) is 0 Å². The van der Waals surface area contributed by atoms with E-state index in [2.05, 4.69) is 30.6 Å². The van der Waals surface area contributed by atoms with Crippen molar-refractivity contribution in [3.05, 3.63) is 60.0 Å². The molecule has 47 heavy (non-hydrogen) atoms. The molecule has 1 aliphatic rings. The van der Waals surface area contributed by atoms with Gasteiger partial charge in [0.15, 0.2) is 6.23 Å². The van der Waals surface area contributed by atoms with Crippen molar-refractivity contribution in [3.63, 3.8) is 0 Å². The molecule has 11 nitrogen and oxygen atoms in total. The van der Waals surface area contributed by atoms with Crippen LogP contribution in [-0.4, -0.2) is 56.4 Å². The first-order valence-electron chi connectivity index (χ1n) is 16.9. The second kappa shape index (κ2) is 20.9. The summed E-state index contributed by atoms with van der Waals surface area (Å²) < 4.78 is 37.5. The summed E-state index contributed by atoms with van der Waals surface area (Å²) in [7, 11) is -4.18. The number of imidazole rings is 1. The minimum atomic E-state index is -4.18. The number of ether oxygens (including phenoxy) is 1. The van der Waals surface area contributed by atoms with Gasteiger partial charge in [-0.05, 0) is 56.4 Å². The van der Waals surface area contributed by atoms with Crippen LogP contribution >= 0.6 is 19.4 Å². The largest absolute Gasteiger partial charge is 0.530 e. The van der Waals surface area contributed by atoms with E-state index in [9.17, 15) is 19.9 Å². The van der Waals surface area contributed by atoms with E-state index in [4.69, 9.17) is 35.6 Å². The van der Waals surface area contributed by atoms with Gasteiger partial charge >= 0.3 is 7.82 Å². The van der Waals surface area contributed by atoms with Crippen molar-refractivity contribution in [3.8, 4) is 11.6 Å². The molecule has 0 saturated carbocycles. The molecule has 1 unspecified atom stereocenters. The lowest BCUT2D eigenvalue weighted by Crippen LogP contribution is -2.33. The first-order chi connectivity index (χ1) is 22.6. The Kier molecular flexibility index (Phi) is 17.4. The SMILES string of the molecule is C=C(N)c1ncn([C@@H]2O[C@H](COP(=O)(OCCCCCCCC/C=C\CCCCCCCC)Oc3ccc(Cl)cc3)[C@@H](O)[C@H]2O)c1O. The normalized spacial score (nSPS) is 20.9. The van der Waals surface area contributed by atoms with Crippen LogP contribution in [-0.2, 0) is 18.3 Å². The van der Waals surface area contributed by atoms with Gasteiger partial charge in [0.05, 0.1) is 18.9 Å². The molecule has 5 N–H and O–H groups in total. The molecule has 264 valence electrons. The lowest BCUT2D eigenvalue weighted by Gasteiger charge is -2.21. The lowest BCUT2D eigenvalue weighted by molar-refractivity contribution is -0.0552. The molecule has 13 heteroatoms. The first-order valence-corrected chi connectivity index (χ1v) is 18.7. The topological polar surface area (TPSA) is 159 Å². The molecule has 0 amide bonds. The number of nitrogens with zero attached hydrogens (tertiary/aromatic N) is 2. The second-order valence-corrected chi connectivity index (χ2v) is 14.0. The van der Waals surface area contributed by atoms with Gasteiger partial charge in [0.2, 0.25) is 5.88 Å². The van der Waals surface area contributed by atoms with Crippen LogP contribution in [0.1, 0.15) is 109 Å². The predicted molar refractivity (Wildman–Crippen MR) is 184 cm³/mol. The number of rotatable bonds is 24. The second-order valence-electron chi connectivity index (χ2n) is 12.0. The van der Waals surface area contributed by atoms with Crippen molar-refractivity contribution in [2.75, 3.05) is 13.2 Å². The van der Waals surface area contributed by atoms with Crippen LogP contribution in [0, 0.1) is 0 Å². The molecule has 2 heterocycles. The first kappa shape index (κ1) is 39.1. The highest BCUT2D eigenvalue weighted by atomic mass is 35.5. The van der Waals surface area contributed by atoms with Crippen LogP contribution in [0.15, 0.2) is 49.3 Å². The maximum atomic E-state index is 13.7. The Labute approximate surface area is 284 Å². The molecule has 3 rings (SSSR count). The van der Waals surface area contributed by atoms with Crippen molar-refractivity contribution in [2.24, 2.45) is 5.73 Å². The summed E-state index contributed by atoms with van der Waals surface area (Å²) in [5.74, 6) is -0.159. The van der Waals surface area contributed by atoms with Crippen LogP contribution in [0.25, 0.3) is 5.70 Å². The van der Waals surface area contributed by atoms with Gasteiger partial charge in [0, 0.05) is 5.02 Å². The molecule has 1 aromatic carbocycles. The lowest BCUT2D eigenvalue weighted by atomic mass is 10.1. The molecule has 1 saturated heterocycles. The maximum Gasteiger partial charge on any atom is 0.530 e. The number of unbranched alkanes of at least 4 members (excludes halogenated alkanes) is 12. The number of phosphoric ester groups is 1. The zero-order chi connectivity index (χ0) is 34.1. The Morgan fingerprint density at radius 2 is 1.57 bits per heavy atom. The van der Waals surface area contributed by atoms with Gasteiger partial charge in [0.25, 0.3) is 0 Å². The van der Waals surface area contributed by atoms with Gasteiger partial charge in [-0.2, -0.15) is 0 Å². The van der Waals surface area contributed by atoms with E-state index in [1.54, 1.807) is 12.1 Å². The molecule has 0 spiro atoms. The van der Waals surface area contributed by atoms with E-state index >= 15 is 0 Å². The number of halogens is 1. The summed E-state index contributed by atoms with van der Waals surface area (Å²) in [6, 6.07) is 6.24. The third kappa shape index (κ3) is 13.2. The fraction of sp³-hybridized carbons (Fsp3) is 0.618. The van der Waals surface area contributed by atoms with E-state index in [0.717, 1.165) is 30.3 Å². The highest BCUT2D eigenvalue weighted by Crippen LogP contribution is 2.50. The molecule has 1 aromatic heterocycles. The molecule has 2 aromatic rings. The number of benzene rings is 1. The van der Waals surface area contributed by atoms with Gasteiger partial charge in [-0.15, -0.1) is 0 Å². The summed E-state index contributed by atoms with van der Waals surface area (Å²) >= 11 is 5.97. The van der Waals surface area contributed by atoms with Crippen LogP contribution in [0.4, 0.5) is 0 Å². The minimum Gasteiger partial charge on any atom is -0.493 e. The number of aliphatic hydroxyl groups excluding tert-OH is 2. The molecular formula is C34H53ClN3O8P. The monoisotopic (exact) mass is 697 g/mol. The van der Waals surface area contributed by atoms with Crippen molar-refractivity contribution in [2.45, 2.75) is 121 Å².